The second kappa shape index (κ2) is 6.23. The van der Waals surface area contributed by atoms with Crippen LogP contribution in [0.2, 0.25) is 0 Å². The number of carbonyl (C=O) groups excluding carboxylic acids is 1. The summed E-state index contributed by atoms with van der Waals surface area (Å²) >= 11 is 0. The van der Waals surface area contributed by atoms with Crippen molar-refractivity contribution < 1.29 is 4.79 Å². The highest BCUT2D eigenvalue weighted by atomic mass is 16.2. The number of hydrogen-bond acceptors (Lipinski definition) is 3. The fourth-order valence-corrected chi connectivity index (χ4v) is 1.60. The van der Waals surface area contributed by atoms with Crippen LogP contribution in [0.5, 0.6) is 0 Å². The molecule has 0 aliphatic rings. The van der Waals surface area contributed by atoms with Crippen molar-refractivity contribution in [3.63, 3.8) is 0 Å². The third kappa shape index (κ3) is 3.31. The van der Waals surface area contributed by atoms with E-state index in [0.717, 1.165) is 18.7 Å². The minimum absolute atomic E-state index is 0.0396. The van der Waals surface area contributed by atoms with Crippen molar-refractivity contribution in [2.45, 2.75) is 20.3 Å². The molecule has 1 aromatic heterocycles. The summed E-state index contributed by atoms with van der Waals surface area (Å²) < 4.78 is 0. The van der Waals surface area contributed by atoms with Gasteiger partial charge in [0.1, 0.15) is 0 Å². The van der Waals surface area contributed by atoms with Crippen LogP contribution in [0.15, 0.2) is 18.3 Å². The largest absolute Gasteiger partial charge is 0.337 e. The minimum atomic E-state index is 0.0396. The summed E-state index contributed by atoms with van der Waals surface area (Å²) in [7, 11) is 0. The average molecular weight is 221 g/mol. The molecule has 0 aromatic carbocycles. The zero-order chi connectivity index (χ0) is 12.0. The summed E-state index contributed by atoms with van der Waals surface area (Å²) in [6, 6.07) is 3.55. The molecule has 1 rings (SSSR count). The Kier molecular flexibility index (Phi) is 4.92. The zero-order valence-corrected chi connectivity index (χ0v) is 9.94. The number of pyridine rings is 1. The van der Waals surface area contributed by atoms with E-state index < -0.39 is 0 Å². The summed E-state index contributed by atoms with van der Waals surface area (Å²) in [4.78, 5) is 18.0. The molecule has 0 aliphatic heterocycles. The number of rotatable bonds is 5. The number of carbonyl (C=O) groups is 1. The van der Waals surface area contributed by atoms with Gasteiger partial charge < -0.3 is 10.6 Å². The van der Waals surface area contributed by atoms with Crippen molar-refractivity contribution in [2.24, 2.45) is 5.73 Å². The number of nitrogens with two attached hydrogens (primary N) is 1. The van der Waals surface area contributed by atoms with Crippen LogP contribution in [-0.2, 0) is 0 Å². The SMILES string of the molecule is CCCN(CCN)C(=O)c1ccnc(C)c1. The molecule has 0 spiro atoms. The van der Waals surface area contributed by atoms with Crippen LogP contribution in [0.3, 0.4) is 0 Å². The predicted octanol–water partition coefficient (Wildman–Crippen LogP) is 1.20. The van der Waals surface area contributed by atoms with E-state index in [-0.39, 0.29) is 5.91 Å². The van der Waals surface area contributed by atoms with Crippen molar-refractivity contribution in [3.8, 4) is 0 Å². The van der Waals surface area contributed by atoms with Gasteiger partial charge in [-0.3, -0.25) is 9.78 Å². The van der Waals surface area contributed by atoms with Crippen LogP contribution < -0.4 is 5.73 Å². The van der Waals surface area contributed by atoms with Crippen molar-refractivity contribution >= 4 is 5.91 Å². The summed E-state index contributed by atoms with van der Waals surface area (Å²) in [6.45, 7) is 5.78. The first kappa shape index (κ1) is 12.6. The fourth-order valence-electron chi connectivity index (χ4n) is 1.60. The molecule has 0 radical (unpaired) electrons. The van der Waals surface area contributed by atoms with E-state index in [1.165, 1.54) is 0 Å². The lowest BCUT2D eigenvalue weighted by atomic mass is 10.2. The van der Waals surface area contributed by atoms with E-state index >= 15 is 0 Å². The maximum absolute atomic E-state index is 12.1. The molecule has 0 atom stereocenters. The zero-order valence-electron chi connectivity index (χ0n) is 9.94. The van der Waals surface area contributed by atoms with Crippen molar-refractivity contribution in [2.75, 3.05) is 19.6 Å². The van der Waals surface area contributed by atoms with Gasteiger partial charge in [0.05, 0.1) is 0 Å². The monoisotopic (exact) mass is 221 g/mol. The first-order valence-electron chi connectivity index (χ1n) is 5.61. The molecular formula is C12H19N3O. The summed E-state index contributed by atoms with van der Waals surface area (Å²) in [6.07, 6.45) is 2.60. The molecule has 4 nitrogen and oxygen atoms in total. The molecule has 0 fully saturated rings. The van der Waals surface area contributed by atoms with Gasteiger partial charge >= 0.3 is 0 Å². The predicted molar refractivity (Wildman–Crippen MR) is 64.2 cm³/mol. The lowest BCUT2D eigenvalue weighted by Gasteiger charge is -2.21. The number of aromatic nitrogens is 1. The maximum atomic E-state index is 12.1. The van der Waals surface area contributed by atoms with E-state index in [9.17, 15) is 4.79 Å². The lowest BCUT2D eigenvalue weighted by Crippen LogP contribution is -2.36. The fraction of sp³-hybridized carbons (Fsp3) is 0.500. The summed E-state index contributed by atoms with van der Waals surface area (Å²) in [5.74, 6) is 0.0396. The smallest absolute Gasteiger partial charge is 0.254 e. The maximum Gasteiger partial charge on any atom is 0.254 e. The first-order valence-corrected chi connectivity index (χ1v) is 5.61. The van der Waals surface area contributed by atoms with Gasteiger partial charge in [-0.2, -0.15) is 0 Å². The van der Waals surface area contributed by atoms with E-state index in [2.05, 4.69) is 11.9 Å². The van der Waals surface area contributed by atoms with E-state index in [1.54, 1.807) is 17.2 Å². The number of amides is 1. The molecule has 0 bridgehead atoms. The van der Waals surface area contributed by atoms with Crippen LogP contribution in [0.25, 0.3) is 0 Å². The van der Waals surface area contributed by atoms with Crippen LogP contribution in [0.1, 0.15) is 29.4 Å². The summed E-state index contributed by atoms with van der Waals surface area (Å²) in [5.41, 5.74) is 7.05. The van der Waals surface area contributed by atoms with Gasteiger partial charge in [-0.25, -0.2) is 0 Å². The standard InChI is InChI=1S/C12H19N3O/c1-3-7-15(8-5-13)12(16)11-4-6-14-10(2)9-11/h4,6,9H,3,5,7-8,13H2,1-2H3. The molecule has 0 aliphatic carbocycles. The van der Waals surface area contributed by atoms with Crippen LogP contribution in [0.4, 0.5) is 0 Å². The molecule has 0 saturated carbocycles. The Balaban J connectivity index is 2.81. The number of aryl methyl sites for hydroxylation is 1. The molecule has 2 N–H and O–H groups in total. The minimum Gasteiger partial charge on any atom is -0.337 e. The molecule has 1 amide bonds. The molecule has 1 heterocycles. The molecule has 16 heavy (non-hydrogen) atoms. The third-order valence-corrected chi connectivity index (χ3v) is 2.32. The topological polar surface area (TPSA) is 59.2 Å². The van der Waals surface area contributed by atoms with E-state index in [0.29, 0.717) is 18.7 Å². The van der Waals surface area contributed by atoms with Crippen molar-refractivity contribution in [3.05, 3.63) is 29.6 Å². The van der Waals surface area contributed by atoms with Crippen molar-refractivity contribution in [1.82, 2.24) is 9.88 Å². The Morgan fingerprint density at radius 3 is 2.81 bits per heavy atom. The first-order chi connectivity index (χ1) is 7.69. The molecule has 0 unspecified atom stereocenters. The highest BCUT2D eigenvalue weighted by molar-refractivity contribution is 5.94. The Hall–Kier alpha value is -1.42. The molecule has 0 saturated heterocycles. The second-order valence-electron chi connectivity index (χ2n) is 3.77. The Morgan fingerprint density at radius 2 is 2.25 bits per heavy atom. The van der Waals surface area contributed by atoms with Crippen molar-refractivity contribution in [1.29, 1.82) is 0 Å². The quantitative estimate of drug-likeness (QED) is 0.812. The molecule has 1 aromatic rings. The van der Waals surface area contributed by atoms with Gasteiger partial charge in [-0.1, -0.05) is 6.92 Å². The second-order valence-corrected chi connectivity index (χ2v) is 3.77. The van der Waals surface area contributed by atoms with Crippen LogP contribution >= 0.6 is 0 Å². The number of hydrogen-bond donors (Lipinski definition) is 1. The van der Waals surface area contributed by atoms with E-state index in [1.807, 2.05) is 13.0 Å². The highest BCUT2D eigenvalue weighted by Gasteiger charge is 2.13. The van der Waals surface area contributed by atoms with Crippen LogP contribution in [-0.4, -0.2) is 35.4 Å². The molecule has 4 heteroatoms. The lowest BCUT2D eigenvalue weighted by molar-refractivity contribution is 0.0760. The molecular weight excluding hydrogens is 202 g/mol. The number of nitrogens with zero attached hydrogens (tertiary/aromatic N) is 2. The van der Waals surface area contributed by atoms with Gasteiger partial charge in [0, 0.05) is 37.1 Å². The Bertz CT molecular complexity index is 346. The van der Waals surface area contributed by atoms with Gasteiger partial charge in [0.25, 0.3) is 5.91 Å². The highest BCUT2D eigenvalue weighted by Crippen LogP contribution is 2.06. The average Bonchev–Trinajstić information content (AvgIpc) is 2.28. The van der Waals surface area contributed by atoms with Crippen LogP contribution in [0, 0.1) is 6.92 Å². The normalized spacial score (nSPS) is 10.2. The Labute approximate surface area is 96.5 Å². The van der Waals surface area contributed by atoms with E-state index in [4.69, 9.17) is 5.73 Å². The van der Waals surface area contributed by atoms with Gasteiger partial charge in [-0.15, -0.1) is 0 Å². The third-order valence-electron chi connectivity index (χ3n) is 2.32. The molecule has 88 valence electrons. The Morgan fingerprint density at radius 1 is 1.50 bits per heavy atom. The van der Waals surface area contributed by atoms with Gasteiger partial charge in [0.2, 0.25) is 0 Å². The summed E-state index contributed by atoms with van der Waals surface area (Å²) in [5, 5.41) is 0. The van der Waals surface area contributed by atoms with Gasteiger partial charge in [0.15, 0.2) is 0 Å². The van der Waals surface area contributed by atoms with Gasteiger partial charge in [-0.05, 0) is 25.5 Å².